The third-order valence-electron chi connectivity index (χ3n) is 10.2. The summed E-state index contributed by atoms with van der Waals surface area (Å²) in [6, 6.07) is -0.949. The van der Waals surface area contributed by atoms with E-state index < -0.39 is 49.2 Å². The number of nitrogens with one attached hydrogen (secondary N) is 1. The van der Waals surface area contributed by atoms with Crippen LogP contribution in [0.2, 0.25) is 0 Å². The summed E-state index contributed by atoms with van der Waals surface area (Å²) in [4.78, 5) is 38.2. The van der Waals surface area contributed by atoms with Gasteiger partial charge < -0.3 is 40.6 Å². The van der Waals surface area contributed by atoms with E-state index in [9.17, 15) is 29.7 Å². The minimum absolute atomic E-state index is 0.0562. The second-order valence-electron chi connectivity index (χ2n) is 15.3. The highest BCUT2D eigenvalue weighted by Crippen LogP contribution is 2.29. The quantitative estimate of drug-likeness (QED) is 0.0356. The van der Waals surface area contributed by atoms with E-state index in [2.05, 4.69) is 29.5 Å². The molecular weight excluding hydrogens is 739 g/mol. The summed E-state index contributed by atoms with van der Waals surface area (Å²) in [5, 5.41) is 39.9. The minimum Gasteiger partial charge on any atom is -0.462 e. The van der Waals surface area contributed by atoms with Crippen molar-refractivity contribution in [2.45, 2.75) is 205 Å². The van der Waals surface area contributed by atoms with E-state index in [1.807, 2.05) is 0 Å². The van der Waals surface area contributed by atoms with Gasteiger partial charge in [-0.05, 0) is 12.8 Å². The molecule has 1 fully saturated rings. The van der Waals surface area contributed by atoms with Crippen LogP contribution in [0.15, 0.2) is 6.20 Å². The molecule has 56 heavy (non-hydrogen) atoms. The first-order valence-electron chi connectivity index (χ1n) is 21.7. The molecule has 6 atom stereocenters. The number of esters is 2. The van der Waals surface area contributed by atoms with Gasteiger partial charge in [-0.1, -0.05) is 147 Å². The number of ether oxygens (including phenoxy) is 3. The highest BCUT2D eigenvalue weighted by atomic mass is 32.2. The van der Waals surface area contributed by atoms with Crippen molar-refractivity contribution in [2.75, 3.05) is 30.0 Å². The number of nitrogens with two attached hydrogens (primary N) is 1. The van der Waals surface area contributed by atoms with Gasteiger partial charge in [0.2, 0.25) is 5.91 Å². The maximum Gasteiger partial charge on any atom is 0.306 e. The van der Waals surface area contributed by atoms with Crippen molar-refractivity contribution in [3.05, 3.63) is 6.20 Å². The highest BCUT2D eigenvalue weighted by molar-refractivity contribution is 7.99. The van der Waals surface area contributed by atoms with Crippen LogP contribution in [0.25, 0.3) is 0 Å². The number of aliphatic hydroxyl groups is 3. The number of hydrogen-bond acceptors (Lipinski definition) is 13. The second kappa shape index (κ2) is 31.7. The molecule has 1 amide bonds. The number of anilines is 1. The first kappa shape index (κ1) is 49.8. The van der Waals surface area contributed by atoms with Crippen molar-refractivity contribution in [1.29, 1.82) is 0 Å². The van der Waals surface area contributed by atoms with Crippen LogP contribution in [-0.4, -0.2) is 103 Å². The summed E-state index contributed by atoms with van der Waals surface area (Å²) in [6.45, 7) is 3.92. The smallest absolute Gasteiger partial charge is 0.306 e. The van der Waals surface area contributed by atoms with Gasteiger partial charge in [0.15, 0.2) is 12.0 Å². The Morgan fingerprint density at radius 1 is 0.786 bits per heavy atom. The summed E-state index contributed by atoms with van der Waals surface area (Å²) in [5.41, 5.74) is 6.16. The lowest BCUT2D eigenvalue weighted by atomic mass is 10.1. The van der Waals surface area contributed by atoms with Gasteiger partial charge in [0, 0.05) is 24.3 Å². The Balaban J connectivity index is 1.75. The van der Waals surface area contributed by atoms with Crippen LogP contribution in [0, 0.1) is 0 Å². The Kier molecular flexibility index (Phi) is 28.2. The van der Waals surface area contributed by atoms with Crippen molar-refractivity contribution in [2.24, 2.45) is 5.73 Å². The maximum absolute atomic E-state index is 12.8. The first-order valence-corrected chi connectivity index (χ1v) is 22.9. The van der Waals surface area contributed by atoms with Crippen LogP contribution in [0.5, 0.6) is 0 Å². The number of unbranched alkanes of at least 4 members (excludes halogenated alkanes) is 20. The van der Waals surface area contributed by atoms with Crippen molar-refractivity contribution >= 4 is 35.4 Å². The number of aliphatic hydroxyl groups excluding tert-OH is 3. The molecule has 0 bridgehead atoms. The molecule has 2 rings (SSSR count). The molecule has 0 saturated carbocycles. The predicted molar refractivity (Wildman–Crippen MR) is 220 cm³/mol. The van der Waals surface area contributed by atoms with Gasteiger partial charge in [0.1, 0.15) is 31.0 Å². The normalized spacial score (nSPS) is 19.2. The van der Waals surface area contributed by atoms with Crippen molar-refractivity contribution in [1.82, 2.24) is 15.0 Å². The Hall–Kier alpha value is -2.30. The third kappa shape index (κ3) is 22.0. The van der Waals surface area contributed by atoms with E-state index in [1.165, 1.54) is 121 Å². The second-order valence-corrected chi connectivity index (χ2v) is 16.4. The standard InChI is InChI=1S/C41H75N5O9S/c1-3-5-7-9-11-13-15-17-19-21-23-25-36(48)53-29-32(54-37(49)26-24-22-20-18-16-14-12-10-8-6-4-2)30-56-31-33(42)40(52)43-35-27-46(45-44-35)41-39(51)38(50)34(28-47)55-41/h27,32-34,38-39,41,47,50-51H,3-26,28-31,42H2,1-2H3,(H,43,52)/t32-,33-,34?,38-,39+,41+/m1/s1. The lowest BCUT2D eigenvalue weighted by Crippen LogP contribution is -2.38. The first-order chi connectivity index (χ1) is 27.2. The van der Waals surface area contributed by atoms with Crippen LogP contribution in [0.4, 0.5) is 5.82 Å². The molecule has 15 heteroatoms. The molecule has 1 aliphatic heterocycles. The number of rotatable bonds is 35. The van der Waals surface area contributed by atoms with E-state index in [0.29, 0.717) is 12.8 Å². The van der Waals surface area contributed by atoms with E-state index >= 15 is 0 Å². The number of aromatic nitrogens is 3. The number of carbonyl (C=O) groups is 3. The van der Waals surface area contributed by atoms with Crippen molar-refractivity contribution < 1.29 is 43.9 Å². The molecule has 0 spiro atoms. The third-order valence-corrected chi connectivity index (χ3v) is 11.4. The average Bonchev–Trinajstić information content (AvgIpc) is 3.77. The SMILES string of the molecule is CCCCCCCCCCCCCC(=O)OC[C@H](CSC[C@@H](N)C(=O)Nc1cn([C@H]2OC(CO)[C@@H](O)[C@@H]2O)nn1)OC(=O)CCCCCCCCCCCCC. The molecule has 1 aromatic heterocycles. The molecule has 1 saturated heterocycles. The van der Waals surface area contributed by atoms with Crippen molar-refractivity contribution in [3.63, 3.8) is 0 Å². The molecule has 14 nitrogen and oxygen atoms in total. The monoisotopic (exact) mass is 814 g/mol. The fraction of sp³-hybridized carbons (Fsp3) is 0.878. The summed E-state index contributed by atoms with van der Waals surface area (Å²) >= 11 is 1.31. The fourth-order valence-electron chi connectivity index (χ4n) is 6.66. The number of hydrogen-bond donors (Lipinski definition) is 5. The largest absolute Gasteiger partial charge is 0.462 e. The lowest BCUT2D eigenvalue weighted by Gasteiger charge is -2.19. The van der Waals surface area contributed by atoms with Crippen LogP contribution in [0.1, 0.15) is 174 Å². The number of amides is 1. The Morgan fingerprint density at radius 2 is 1.29 bits per heavy atom. The number of carbonyl (C=O) groups excluding carboxylic acids is 3. The molecule has 0 aliphatic carbocycles. The van der Waals surface area contributed by atoms with Gasteiger partial charge in [-0.2, -0.15) is 11.8 Å². The van der Waals surface area contributed by atoms with E-state index in [4.69, 9.17) is 19.9 Å². The lowest BCUT2D eigenvalue weighted by molar-refractivity contribution is -0.157. The molecule has 0 radical (unpaired) electrons. The van der Waals surface area contributed by atoms with Gasteiger partial charge in [0.25, 0.3) is 0 Å². The van der Waals surface area contributed by atoms with Gasteiger partial charge >= 0.3 is 11.9 Å². The molecule has 1 aliphatic rings. The van der Waals surface area contributed by atoms with Crippen LogP contribution in [-0.2, 0) is 28.6 Å². The van der Waals surface area contributed by atoms with Crippen LogP contribution >= 0.6 is 11.8 Å². The zero-order chi connectivity index (χ0) is 40.8. The summed E-state index contributed by atoms with van der Waals surface area (Å²) in [7, 11) is 0. The van der Waals surface area contributed by atoms with Gasteiger partial charge in [-0.3, -0.25) is 14.4 Å². The zero-order valence-corrected chi connectivity index (χ0v) is 35.3. The zero-order valence-electron chi connectivity index (χ0n) is 34.5. The fourth-order valence-corrected chi connectivity index (χ4v) is 7.63. The van der Waals surface area contributed by atoms with Crippen molar-refractivity contribution in [3.8, 4) is 0 Å². The van der Waals surface area contributed by atoms with Gasteiger partial charge in [0.05, 0.1) is 18.8 Å². The molecule has 2 heterocycles. The highest BCUT2D eigenvalue weighted by Gasteiger charge is 2.44. The molecule has 0 aromatic carbocycles. The van der Waals surface area contributed by atoms with Gasteiger partial charge in [-0.25, -0.2) is 4.68 Å². The minimum atomic E-state index is -1.35. The molecule has 1 unspecified atom stereocenters. The topological polar surface area (TPSA) is 208 Å². The summed E-state index contributed by atoms with van der Waals surface area (Å²) in [5.74, 6) is -0.626. The molecule has 324 valence electrons. The molecule has 1 aromatic rings. The van der Waals surface area contributed by atoms with Gasteiger partial charge in [-0.15, -0.1) is 5.10 Å². The van der Waals surface area contributed by atoms with E-state index in [0.717, 1.165) is 43.2 Å². The maximum atomic E-state index is 12.8. The Labute approximate surface area is 340 Å². The molecular formula is C41H75N5O9S. The molecule has 6 N–H and O–H groups in total. The number of nitrogens with zero attached hydrogens (tertiary/aromatic N) is 3. The van der Waals surface area contributed by atoms with Crippen LogP contribution in [0.3, 0.4) is 0 Å². The van der Waals surface area contributed by atoms with E-state index in [-0.39, 0.29) is 35.9 Å². The Bertz CT molecular complexity index is 1180. The predicted octanol–water partition coefficient (Wildman–Crippen LogP) is 6.75. The van der Waals surface area contributed by atoms with E-state index in [1.54, 1.807) is 0 Å². The average molecular weight is 814 g/mol. The summed E-state index contributed by atoms with van der Waals surface area (Å²) in [6.07, 6.45) is 22.7. The Morgan fingerprint density at radius 3 is 1.79 bits per heavy atom. The van der Waals surface area contributed by atoms with Crippen LogP contribution < -0.4 is 11.1 Å². The summed E-state index contributed by atoms with van der Waals surface area (Å²) < 4.78 is 17.9. The number of thioether (sulfide) groups is 1.